The number of nitrogens with zero attached hydrogens (tertiary/aromatic N) is 4. The molecular formula is C36H22N4O2. The molecule has 0 aliphatic carbocycles. The van der Waals surface area contributed by atoms with Gasteiger partial charge in [-0.05, 0) is 47.5 Å². The van der Waals surface area contributed by atoms with Gasteiger partial charge in [0, 0.05) is 34.3 Å². The van der Waals surface area contributed by atoms with Crippen molar-refractivity contribution in [2.24, 2.45) is 0 Å². The Morgan fingerprint density at radius 2 is 1.19 bits per heavy atom. The summed E-state index contributed by atoms with van der Waals surface area (Å²) in [6.07, 6.45) is 5.11. The normalized spacial score (nSPS) is 12.8. The number of hydrogen-bond acceptors (Lipinski definition) is 4. The molecule has 0 N–H and O–H groups in total. The largest absolute Gasteiger partial charge is 0.308 e. The van der Waals surface area contributed by atoms with Crippen LogP contribution in [0, 0.1) is 0 Å². The lowest BCUT2D eigenvalue weighted by Crippen LogP contribution is -2.30. The van der Waals surface area contributed by atoms with Crippen LogP contribution in [0.3, 0.4) is 0 Å². The van der Waals surface area contributed by atoms with E-state index < -0.39 is 0 Å². The van der Waals surface area contributed by atoms with Gasteiger partial charge in [-0.3, -0.25) is 9.59 Å². The van der Waals surface area contributed by atoms with Gasteiger partial charge in [-0.1, -0.05) is 78.9 Å². The summed E-state index contributed by atoms with van der Waals surface area (Å²) in [6.45, 7) is 0. The predicted octanol–water partition coefficient (Wildman–Crippen LogP) is 7.71. The number of benzene rings is 5. The Kier molecular flexibility index (Phi) is 5.34. The summed E-state index contributed by atoms with van der Waals surface area (Å²) in [6, 6.07) is 37.2. The van der Waals surface area contributed by atoms with Gasteiger partial charge in [0.2, 0.25) is 0 Å². The molecule has 1 aliphatic heterocycles. The van der Waals surface area contributed by atoms with E-state index >= 15 is 0 Å². The molecule has 7 aromatic rings. The van der Waals surface area contributed by atoms with Gasteiger partial charge in [-0.15, -0.1) is 0 Å². The average Bonchev–Trinajstić information content (AvgIpc) is 3.52. The molecule has 0 saturated heterocycles. The third kappa shape index (κ3) is 3.52. The molecule has 0 saturated carbocycles. The predicted molar refractivity (Wildman–Crippen MR) is 165 cm³/mol. The highest BCUT2D eigenvalue weighted by Crippen LogP contribution is 2.40. The first-order valence-corrected chi connectivity index (χ1v) is 13.7. The summed E-state index contributed by atoms with van der Waals surface area (Å²) in [5, 5.41) is 2.08. The molecule has 6 heteroatoms. The molecular weight excluding hydrogens is 520 g/mol. The van der Waals surface area contributed by atoms with Crippen molar-refractivity contribution in [3.8, 4) is 27.9 Å². The quantitative estimate of drug-likeness (QED) is 0.214. The molecule has 5 aromatic carbocycles. The summed E-state index contributed by atoms with van der Waals surface area (Å²) in [7, 11) is 0. The highest BCUT2D eigenvalue weighted by Gasteiger charge is 2.40. The fourth-order valence-corrected chi connectivity index (χ4v) is 6.06. The number of anilines is 1. The van der Waals surface area contributed by atoms with Crippen molar-refractivity contribution in [3.63, 3.8) is 0 Å². The van der Waals surface area contributed by atoms with E-state index in [9.17, 15) is 9.59 Å². The van der Waals surface area contributed by atoms with Crippen LogP contribution in [0.2, 0.25) is 0 Å². The Morgan fingerprint density at radius 3 is 2.05 bits per heavy atom. The van der Waals surface area contributed by atoms with Crippen LogP contribution in [0.5, 0.6) is 0 Å². The van der Waals surface area contributed by atoms with Gasteiger partial charge in [0.25, 0.3) is 11.8 Å². The highest BCUT2D eigenvalue weighted by molar-refractivity contribution is 6.36. The minimum atomic E-state index is -0.335. The second-order valence-corrected chi connectivity index (χ2v) is 10.2. The van der Waals surface area contributed by atoms with Crippen LogP contribution in [0.4, 0.5) is 5.69 Å². The van der Waals surface area contributed by atoms with Crippen LogP contribution in [0.15, 0.2) is 134 Å². The molecule has 0 radical (unpaired) electrons. The van der Waals surface area contributed by atoms with Crippen molar-refractivity contribution in [1.29, 1.82) is 0 Å². The van der Waals surface area contributed by atoms with E-state index in [4.69, 9.17) is 0 Å². The highest BCUT2D eigenvalue weighted by atomic mass is 16.2. The van der Waals surface area contributed by atoms with Gasteiger partial charge in [0.05, 0.1) is 33.5 Å². The van der Waals surface area contributed by atoms with E-state index in [2.05, 4.69) is 32.7 Å². The number of carbonyl (C=O) groups is 2. The molecule has 6 nitrogen and oxygen atoms in total. The van der Waals surface area contributed by atoms with E-state index in [1.54, 1.807) is 18.5 Å². The summed E-state index contributed by atoms with van der Waals surface area (Å²) in [5.74, 6) is -0.662. The maximum absolute atomic E-state index is 14.3. The maximum atomic E-state index is 14.3. The van der Waals surface area contributed by atoms with Crippen LogP contribution in [-0.4, -0.2) is 26.3 Å². The number of aromatic nitrogens is 3. The van der Waals surface area contributed by atoms with Gasteiger partial charge in [0.15, 0.2) is 0 Å². The molecule has 2 aromatic heterocycles. The van der Waals surface area contributed by atoms with Crippen LogP contribution >= 0.6 is 0 Å². The summed E-state index contributed by atoms with van der Waals surface area (Å²) in [4.78, 5) is 37.9. The molecule has 198 valence electrons. The molecule has 0 fully saturated rings. The van der Waals surface area contributed by atoms with Crippen LogP contribution in [-0.2, 0) is 0 Å². The van der Waals surface area contributed by atoms with Gasteiger partial charge >= 0.3 is 0 Å². The molecule has 0 bridgehead atoms. The third-order valence-electron chi connectivity index (χ3n) is 7.93. The Labute approximate surface area is 241 Å². The lowest BCUT2D eigenvalue weighted by molar-refractivity contribution is 0.0926. The van der Waals surface area contributed by atoms with Gasteiger partial charge in [0.1, 0.15) is 6.33 Å². The van der Waals surface area contributed by atoms with E-state index in [1.165, 1.54) is 11.2 Å². The minimum absolute atomic E-state index is 0.327. The zero-order chi connectivity index (χ0) is 28.2. The fraction of sp³-hybridized carbons (Fsp3) is 0. The van der Waals surface area contributed by atoms with E-state index in [0.29, 0.717) is 22.5 Å². The Bertz CT molecular complexity index is 2190. The molecule has 0 unspecified atom stereocenters. The fourth-order valence-electron chi connectivity index (χ4n) is 6.06. The van der Waals surface area contributed by atoms with Crippen LogP contribution in [0.25, 0.3) is 49.7 Å². The molecule has 3 heterocycles. The lowest BCUT2D eigenvalue weighted by atomic mass is 10.0. The van der Waals surface area contributed by atoms with Gasteiger partial charge in [-0.25, -0.2) is 14.9 Å². The summed E-state index contributed by atoms with van der Waals surface area (Å²) >= 11 is 0. The van der Waals surface area contributed by atoms with Crippen LogP contribution in [0.1, 0.15) is 20.7 Å². The second-order valence-electron chi connectivity index (χ2n) is 10.2. The summed E-state index contributed by atoms with van der Waals surface area (Å²) < 4.78 is 2.09. The molecule has 2 amide bonds. The molecule has 42 heavy (non-hydrogen) atoms. The van der Waals surface area contributed by atoms with Crippen molar-refractivity contribution in [2.45, 2.75) is 0 Å². The smallest absolute Gasteiger partial charge is 0.268 e. The topological polar surface area (TPSA) is 68.1 Å². The standard InChI is InChI=1S/C36H22N4O2/c41-35-28-13-8-16-33(34(28)36(42)40(35)30-14-6-4-11-26(30)23-9-2-1-3-10-23)39-31-15-7-5-12-27(31)29-19-24(17-18-32(29)39)25-20-37-22-38-21-25/h1-22H. The minimum Gasteiger partial charge on any atom is -0.308 e. The Morgan fingerprint density at radius 1 is 0.500 bits per heavy atom. The zero-order valence-electron chi connectivity index (χ0n) is 22.3. The first-order chi connectivity index (χ1) is 20.7. The molecule has 0 spiro atoms. The van der Waals surface area contributed by atoms with E-state index in [0.717, 1.165) is 44.1 Å². The summed E-state index contributed by atoms with van der Waals surface area (Å²) in [5.41, 5.74) is 7.60. The number of carbonyl (C=O) groups excluding carboxylic acids is 2. The first-order valence-electron chi connectivity index (χ1n) is 13.7. The van der Waals surface area contributed by atoms with E-state index in [-0.39, 0.29) is 11.8 Å². The first kappa shape index (κ1) is 24.0. The monoisotopic (exact) mass is 542 g/mol. The van der Waals surface area contributed by atoms with Crippen LogP contribution < -0.4 is 4.90 Å². The van der Waals surface area contributed by atoms with Gasteiger partial charge < -0.3 is 4.57 Å². The molecule has 0 atom stereocenters. The third-order valence-corrected chi connectivity index (χ3v) is 7.93. The van der Waals surface area contributed by atoms with Gasteiger partial charge in [-0.2, -0.15) is 0 Å². The average molecular weight is 543 g/mol. The van der Waals surface area contributed by atoms with E-state index in [1.807, 2.05) is 91.0 Å². The van der Waals surface area contributed by atoms with Crippen molar-refractivity contribution in [1.82, 2.24) is 14.5 Å². The van der Waals surface area contributed by atoms with Crippen molar-refractivity contribution < 1.29 is 9.59 Å². The SMILES string of the molecule is O=C1c2cccc(-n3c4ccccc4c4cc(-c5cncnc5)ccc43)c2C(=O)N1c1ccccc1-c1ccccc1. The molecule has 1 aliphatic rings. The molecule has 8 rings (SSSR count). The lowest BCUT2D eigenvalue weighted by Gasteiger charge is -2.18. The number of amides is 2. The number of hydrogen-bond donors (Lipinski definition) is 0. The number of rotatable bonds is 4. The number of imide groups is 1. The zero-order valence-corrected chi connectivity index (χ0v) is 22.3. The van der Waals surface area contributed by atoms with Crippen molar-refractivity contribution in [2.75, 3.05) is 4.90 Å². The van der Waals surface area contributed by atoms with Crippen molar-refractivity contribution >= 4 is 39.3 Å². The Hall–Kier alpha value is -5.88. The maximum Gasteiger partial charge on any atom is 0.268 e. The van der Waals surface area contributed by atoms with Crippen molar-refractivity contribution in [3.05, 3.63) is 145 Å². The number of para-hydroxylation sites is 2. The number of fused-ring (bicyclic) bond motifs is 4. The second kappa shape index (κ2) is 9.35. The Balaban J connectivity index is 1.33.